The Balaban J connectivity index is 2.06. The van der Waals surface area contributed by atoms with Crippen LogP contribution in [-0.2, 0) is 6.54 Å². The molecule has 1 aromatic carbocycles. The summed E-state index contributed by atoms with van der Waals surface area (Å²) in [6.07, 6.45) is 0. The summed E-state index contributed by atoms with van der Waals surface area (Å²) in [5.41, 5.74) is 2.63. The monoisotopic (exact) mass is 294 g/mol. The van der Waals surface area contributed by atoms with Crippen molar-refractivity contribution in [1.82, 2.24) is 15.2 Å². The van der Waals surface area contributed by atoms with Crippen LogP contribution in [0.1, 0.15) is 29.9 Å². The molecule has 0 aliphatic carbocycles. The van der Waals surface area contributed by atoms with Gasteiger partial charge in [-0.05, 0) is 38.7 Å². The summed E-state index contributed by atoms with van der Waals surface area (Å²) in [5.74, 6) is 0. The Morgan fingerprint density at radius 2 is 1.86 bits per heavy atom. The van der Waals surface area contributed by atoms with Gasteiger partial charge in [0.05, 0.1) is 5.69 Å². The van der Waals surface area contributed by atoms with E-state index in [1.54, 1.807) is 6.07 Å². The second kappa shape index (κ2) is 7.69. The number of aromatic nitrogens is 1. The Bertz CT molecular complexity index is 631. The number of pyridine rings is 1. The molecule has 0 bridgehead atoms. The van der Waals surface area contributed by atoms with Crippen molar-refractivity contribution in [2.24, 2.45) is 0 Å². The van der Waals surface area contributed by atoms with E-state index in [0.717, 1.165) is 5.69 Å². The molecule has 2 rings (SSSR count). The molecule has 4 heteroatoms. The van der Waals surface area contributed by atoms with Crippen LogP contribution in [0, 0.1) is 11.3 Å². The predicted molar refractivity (Wildman–Crippen MR) is 88.1 cm³/mol. The fraction of sp³-hybridized carbons (Fsp3) is 0.333. The summed E-state index contributed by atoms with van der Waals surface area (Å²) in [4.78, 5) is 6.52. The van der Waals surface area contributed by atoms with Crippen LogP contribution in [0.5, 0.6) is 0 Å². The smallest absolute Gasteiger partial charge is 0.140 e. The standard InChI is InChI=1S/C18H22N4/c1-14(18(22(2)3)15-8-5-4-6-9-15)20-13-17-11-7-10-16(12-19)21-17/h4-11,14,18,20H,13H2,1-3H3. The largest absolute Gasteiger partial charge is 0.307 e. The lowest BCUT2D eigenvalue weighted by Crippen LogP contribution is -2.39. The van der Waals surface area contributed by atoms with Crippen LogP contribution in [0.2, 0.25) is 0 Å². The van der Waals surface area contributed by atoms with Crippen molar-refractivity contribution < 1.29 is 0 Å². The maximum absolute atomic E-state index is 8.91. The highest BCUT2D eigenvalue weighted by atomic mass is 15.1. The number of nitriles is 1. The minimum atomic E-state index is 0.255. The SMILES string of the molecule is CC(NCc1cccc(C#N)n1)C(c1ccccc1)N(C)C. The fourth-order valence-corrected chi connectivity index (χ4v) is 2.70. The van der Waals surface area contributed by atoms with E-state index in [1.807, 2.05) is 18.2 Å². The molecule has 1 heterocycles. The first-order chi connectivity index (χ1) is 10.6. The third kappa shape index (κ3) is 4.14. The van der Waals surface area contributed by atoms with E-state index in [1.165, 1.54) is 5.56 Å². The molecule has 4 nitrogen and oxygen atoms in total. The Morgan fingerprint density at radius 1 is 1.14 bits per heavy atom. The van der Waals surface area contributed by atoms with Gasteiger partial charge in [0, 0.05) is 18.6 Å². The minimum Gasteiger partial charge on any atom is -0.307 e. The third-order valence-electron chi connectivity index (χ3n) is 3.70. The average Bonchev–Trinajstić information content (AvgIpc) is 2.54. The summed E-state index contributed by atoms with van der Waals surface area (Å²) in [6.45, 7) is 2.82. The lowest BCUT2D eigenvalue weighted by molar-refractivity contribution is 0.239. The summed E-state index contributed by atoms with van der Waals surface area (Å²) in [7, 11) is 4.18. The number of likely N-dealkylation sites (N-methyl/N-ethyl adjacent to an activating group) is 1. The highest BCUT2D eigenvalue weighted by molar-refractivity contribution is 5.23. The van der Waals surface area contributed by atoms with Gasteiger partial charge in [-0.1, -0.05) is 36.4 Å². The van der Waals surface area contributed by atoms with Crippen LogP contribution in [0.25, 0.3) is 0 Å². The molecule has 2 atom stereocenters. The lowest BCUT2D eigenvalue weighted by Gasteiger charge is -2.31. The normalized spacial score (nSPS) is 13.6. The van der Waals surface area contributed by atoms with Crippen molar-refractivity contribution in [1.29, 1.82) is 5.26 Å². The van der Waals surface area contributed by atoms with E-state index in [4.69, 9.17) is 5.26 Å². The molecule has 0 saturated heterocycles. The number of benzene rings is 1. The Labute approximate surface area is 132 Å². The van der Waals surface area contributed by atoms with Gasteiger partial charge < -0.3 is 10.2 Å². The highest BCUT2D eigenvalue weighted by Gasteiger charge is 2.20. The van der Waals surface area contributed by atoms with Gasteiger partial charge in [-0.2, -0.15) is 5.26 Å². The first-order valence-corrected chi connectivity index (χ1v) is 7.42. The summed E-state index contributed by atoms with van der Waals surface area (Å²) >= 11 is 0. The first-order valence-electron chi connectivity index (χ1n) is 7.42. The average molecular weight is 294 g/mol. The van der Waals surface area contributed by atoms with Crippen LogP contribution in [0.3, 0.4) is 0 Å². The molecule has 0 fully saturated rings. The fourth-order valence-electron chi connectivity index (χ4n) is 2.70. The molecule has 1 aromatic heterocycles. The van der Waals surface area contributed by atoms with E-state index >= 15 is 0 Å². The third-order valence-corrected chi connectivity index (χ3v) is 3.70. The van der Waals surface area contributed by atoms with Crippen molar-refractivity contribution in [2.45, 2.75) is 25.6 Å². The van der Waals surface area contributed by atoms with E-state index < -0.39 is 0 Å². The highest BCUT2D eigenvalue weighted by Crippen LogP contribution is 2.21. The van der Waals surface area contributed by atoms with Crippen molar-refractivity contribution in [3.8, 4) is 6.07 Å². The van der Waals surface area contributed by atoms with E-state index in [0.29, 0.717) is 12.2 Å². The molecule has 114 valence electrons. The Kier molecular flexibility index (Phi) is 5.65. The molecule has 0 spiro atoms. The maximum Gasteiger partial charge on any atom is 0.140 e. The van der Waals surface area contributed by atoms with Crippen molar-refractivity contribution in [2.75, 3.05) is 14.1 Å². The van der Waals surface area contributed by atoms with Gasteiger partial charge in [0.1, 0.15) is 11.8 Å². The van der Waals surface area contributed by atoms with Crippen molar-refractivity contribution in [3.63, 3.8) is 0 Å². The van der Waals surface area contributed by atoms with Crippen LogP contribution in [0.4, 0.5) is 0 Å². The number of rotatable bonds is 6. The molecule has 0 aliphatic heterocycles. The number of hydrogen-bond acceptors (Lipinski definition) is 4. The first kappa shape index (κ1) is 16.2. The quantitative estimate of drug-likeness (QED) is 0.890. The van der Waals surface area contributed by atoms with Gasteiger partial charge in [0.2, 0.25) is 0 Å². The van der Waals surface area contributed by atoms with Gasteiger partial charge in [-0.15, -0.1) is 0 Å². The molecule has 0 aliphatic rings. The second-order valence-electron chi connectivity index (χ2n) is 5.61. The predicted octanol–water partition coefficient (Wildman–Crippen LogP) is 2.73. The summed E-state index contributed by atoms with van der Waals surface area (Å²) in [6, 6.07) is 18.6. The number of nitrogens with zero attached hydrogens (tertiary/aromatic N) is 3. The number of nitrogens with one attached hydrogen (secondary N) is 1. The molecular weight excluding hydrogens is 272 g/mol. The van der Waals surface area contributed by atoms with Crippen LogP contribution >= 0.6 is 0 Å². The number of hydrogen-bond donors (Lipinski definition) is 1. The van der Waals surface area contributed by atoms with Crippen LogP contribution < -0.4 is 5.32 Å². The van der Waals surface area contributed by atoms with E-state index in [-0.39, 0.29) is 12.1 Å². The van der Waals surface area contributed by atoms with Crippen LogP contribution in [0.15, 0.2) is 48.5 Å². The Hall–Kier alpha value is -2.22. The topological polar surface area (TPSA) is 52.0 Å². The molecule has 0 saturated carbocycles. The van der Waals surface area contributed by atoms with Gasteiger partial charge in [0.25, 0.3) is 0 Å². The summed E-state index contributed by atoms with van der Waals surface area (Å²) < 4.78 is 0. The summed E-state index contributed by atoms with van der Waals surface area (Å²) in [5, 5.41) is 12.4. The second-order valence-corrected chi connectivity index (χ2v) is 5.61. The van der Waals surface area contributed by atoms with E-state index in [2.05, 4.69) is 66.6 Å². The molecular formula is C18H22N4. The van der Waals surface area contributed by atoms with E-state index in [9.17, 15) is 0 Å². The van der Waals surface area contributed by atoms with Gasteiger partial charge in [-0.3, -0.25) is 0 Å². The van der Waals surface area contributed by atoms with Gasteiger partial charge in [0.15, 0.2) is 0 Å². The molecule has 1 N–H and O–H groups in total. The molecule has 0 radical (unpaired) electrons. The van der Waals surface area contributed by atoms with Crippen molar-refractivity contribution >= 4 is 0 Å². The molecule has 2 aromatic rings. The maximum atomic E-state index is 8.91. The van der Waals surface area contributed by atoms with Gasteiger partial charge in [-0.25, -0.2) is 4.98 Å². The van der Waals surface area contributed by atoms with Gasteiger partial charge >= 0.3 is 0 Å². The Morgan fingerprint density at radius 3 is 2.50 bits per heavy atom. The zero-order valence-corrected chi connectivity index (χ0v) is 13.3. The zero-order valence-electron chi connectivity index (χ0n) is 13.3. The minimum absolute atomic E-state index is 0.255. The molecule has 22 heavy (non-hydrogen) atoms. The zero-order chi connectivity index (χ0) is 15.9. The van der Waals surface area contributed by atoms with Crippen LogP contribution in [-0.4, -0.2) is 30.0 Å². The van der Waals surface area contributed by atoms with Crippen molar-refractivity contribution in [3.05, 3.63) is 65.5 Å². The lowest BCUT2D eigenvalue weighted by atomic mass is 9.99. The molecule has 0 amide bonds. The molecule has 2 unspecified atom stereocenters.